The molecule has 0 radical (unpaired) electrons. The Balaban J connectivity index is 1.15. The Labute approximate surface area is 201 Å². The molecule has 0 N–H and O–H groups in total. The Morgan fingerprint density at radius 3 is 2.41 bits per heavy atom. The highest BCUT2D eigenvalue weighted by molar-refractivity contribution is 5.76. The van der Waals surface area contributed by atoms with E-state index in [0.29, 0.717) is 5.91 Å². The quantitative estimate of drug-likeness (QED) is 0.456. The van der Waals surface area contributed by atoms with E-state index in [2.05, 4.69) is 9.80 Å². The Morgan fingerprint density at radius 1 is 0.853 bits per heavy atom. The molecule has 0 spiro atoms. The Hall–Kier alpha value is -2.47. The van der Waals surface area contributed by atoms with Crippen molar-refractivity contribution in [1.82, 2.24) is 9.80 Å². The van der Waals surface area contributed by atoms with Gasteiger partial charge in [-0.05, 0) is 86.7 Å². The second kappa shape index (κ2) is 10.4. The summed E-state index contributed by atoms with van der Waals surface area (Å²) in [5, 5.41) is 0. The molecule has 3 aliphatic rings. The van der Waals surface area contributed by atoms with E-state index in [1.165, 1.54) is 24.6 Å². The predicted molar refractivity (Wildman–Crippen MR) is 131 cm³/mol. The van der Waals surface area contributed by atoms with Crippen LogP contribution in [0.4, 0.5) is 20.2 Å². The fourth-order valence-electron chi connectivity index (χ4n) is 6.07. The highest BCUT2D eigenvalue weighted by Gasteiger charge is 2.42. The molecule has 5 rings (SSSR count). The van der Waals surface area contributed by atoms with Crippen LogP contribution in [-0.2, 0) is 4.79 Å². The molecule has 2 aromatic rings. The fraction of sp³-hybridized carbons (Fsp3) is 0.536. The van der Waals surface area contributed by atoms with Crippen LogP contribution >= 0.6 is 0 Å². The lowest BCUT2D eigenvalue weighted by Gasteiger charge is -2.39. The van der Waals surface area contributed by atoms with Crippen molar-refractivity contribution in [2.45, 2.75) is 63.3 Å². The molecule has 2 saturated heterocycles. The summed E-state index contributed by atoms with van der Waals surface area (Å²) in [5.74, 6) is 0.158. The zero-order valence-electron chi connectivity index (χ0n) is 19.9. The van der Waals surface area contributed by atoms with Crippen molar-refractivity contribution in [3.8, 4) is 0 Å². The van der Waals surface area contributed by atoms with Gasteiger partial charge in [0.15, 0.2) is 0 Å². The summed E-state index contributed by atoms with van der Waals surface area (Å²) in [6, 6.07) is 12.0. The minimum Gasteiger partial charge on any atom is -0.343 e. The molecule has 3 heterocycles. The number of amides is 1. The van der Waals surface area contributed by atoms with E-state index in [-0.39, 0.29) is 23.6 Å². The summed E-state index contributed by atoms with van der Waals surface area (Å²) in [6.07, 6.45) is 8.52. The van der Waals surface area contributed by atoms with Crippen LogP contribution in [0.5, 0.6) is 0 Å². The lowest BCUT2D eigenvalue weighted by atomic mass is 9.88. The molecule has 2 atom stereocenters. The third-order valence-electron chi connectivity index (χ3n) is 7.82. The number of unbranched alkanes of at least 4 members (excludes halogenated alkanes) is 3. The van der Waals surface area contributed by atoms with Gasteiger partial charge in [0.25, 0.3) is 0 Å². The summed E-state index contributed by atoms with van der Waals surface area (Å²) in [5.41, 5.74) is 3.10. The lowest BCUT2D eigenvalue weighted by Crippen LogP contribution is -2.45. The number of piperidine rings is 2. The summed E-state index contributed by atoms with van der Waals surface area (Å²) < 4.78 is 27.7. The zero-order valence-corrected chi connectivity index (χ0v) is 19.9. The third-order valence-corrected chi connectivity index (χ3v) is 7.82. The number of hydrogen-bond donors (Lipinski definition) is 0. The van der Waals surface area contributed by atoms with E-state index in [0.717, 1.165) is 94.6 Å². The van der Waals surface area contributed by atoms with Crippen LogP contribution < -0.4 is 4.90 Å². The van der Waals surface area contributed by atoms with Crippen LogP contribution in [0.1, 0.15) is 62.8 Å². The maximum atomic E-state index is 14.2. The predicted octanol–water partition coefficient (Wildman–Crippen LogP) is 5.85. The van der Waals surface area contributed by atoms with Gasteiger partial charge in [0.05, 0.1) is 0 Å². The molecular weight excluding hydrogens is 432 g/mol. The number of halogens is 2. The molecule has 0 saturated carbocycles. The topological polar surface area (TPSA) is 26.8 Å². The van der Waals surface area contributed by atoms with E-state index in [9.17, 15) is 13.6 Å². The first kappa shape index (κ1) is 23.3. The van der Waals surface area contributed by atoms with Crippen molar-refractivity contribution in [3.05, 3.63) is 59.7 Å². The molecule has 2 fully saturated rings. The van der Waals surface area contributed by atoms with Crippen molar-refractivity contribution >= 4 is 17.3 Å². The Kier molecular flexibility index (Phi) is 7.14. The molecule has 1 amide bonds. The molecule has 182 valence electrons. The molecule has 0 aromatic heterocycles. The fourth-order valence-corrected chi connectivity index (χ4v) is 6.07. The summed E-state index contributed by atoms with van der Waals surface area (Å²) >= 11 is 0. The van der Waals surface area contributed by atoms with E-state index in [1.807, 2.05) is 23.1 Å². The third kappa shape index (κ3) is 4.97. The average molecular weight is 468 g/mol. The molecule has 6 heteroatoms. The zero-order chi connectivity index (χ0) is 23.5. The van der Waals surface area contributed by atoms with Crippen molar-refractivity contribution in [2.24, 2.45) is 0 Å². The molecule has 34 heavy (non-hydrogen) atoms. The largest absolute Gasteiger partial charge is 0.343 e. The van der Waals surface area contributed by atoms with E-state index < -0.39 is 0 Å². The molecule has 2 aromatic carbocycles. The van der Waals surface area contributed by atoms with Crippen LogP contribution in [0.25, 0.3) is 0 Å². The van der Waals surface area contributed by atoms with E-state index in [4.69, 9.17) is 0 Å². The number of rotatable bonds is 8. The minimum absolute atomic E-state index is 0.192. The number of nitrogens with zero attached hydrogens (tertiary/aromatic N) is 3. The maximum Gasteiger partial charge on any atom is 0.222 e. The van der Waals surface area contributed by atoms with Crippen LogP contribution in [0.3, 0.4) is 0 Å². The summed E-state index contributed by atoms with van der Waals surface area (Å²) in [6.45, 7) is 4.87. The molecule has 0 bridgehead atoms. The van der Waals surface area contributed by atoms with Crippen molar-refractivity contribution in [2.75, 3.05) is 37.6 Å². The van der Waals surface area contributed by atoms with Gasteiger partial charge in [-0.1, -0.05) is 12.8 Å². The molecule has 2 unspecified atom stereocenters. The van der Waals surface area contributed by atoms with Gasteiger partial charge in [0.1, 0.15) is 11.6 Å². The monoisotopic (exact) mass is 467 g/mol. The van der Waals surface area contributed by atoms with Gasteiger partial charge in [-0.3, -0.25) is 4.79 Å². The van der Waals surface area contributed by atoms with E-state index in [1.54, 1.807) is 6.07 Å². The van der Waals surface area contributed by atoms with Gasteiger partial charge in [-0.15, -0.1) is 0 Å². The normalized spacial score (nSPS) is 22.7. The van der Waals surface area contributed by atoms with Gasteiger partial charge in [-0.25, -0.2) is 8.78 Å². The molecule has 3 aliphatic heterocycles. The molecule has 4 nitrogen and oxygen atoms in total. The standard InChI is InChI=1S/C28H35F2N3O/c29-21-8-11-23(12-9-21)33-26-13-10-22(30)19-24(26)25-20-31(18-14-27(25)33)15-4-1-2-5-16-32-17-6-3-7-28(32)34/h8-13,19,25,27H,1-7,14-18,20H2. The number of fused-ring (bicyclic) bond motifs is 3. The van der Waals surface area contributed by atoms with Crippen molar-refractivity contribution < 1.29 is 13.6 Å². The van der Waals surface area contributed by atoms with E-state index >= 15 is 0 Å². The summed E-state index contributed by atoms with van der Waals surface area (Å²) in [4.78, 5) is 18.8. The molecular formula is C28H35F2N3O. The molecule has 0 aliphatic carbocycles. The van der Waals surface area contributed by atoms with Gasteiger partial charge in [-0.2, -0.15) is 0 Å². The van der Waals surface area contributed by atoms with Crippen molar-refractivity contribution in [3.63, 3.8) is 0 Å². The maximum absolute atomic E-state index is 14.2. The first-order valence-corrected chi connectivity index (χ1v) is 12.9. The highest BCUT2D eigenvalue weighted by Crippen LogP contribution is 2.48. The van der Waals surface area contributed by atoms with Crippen LogP contribution in [-0.4, -0.2) is 54.5 Å². The average Bonchev–Trinajstić information content (AvgIpc) is 3.16. The Bertz CT molecular complexity index is 996. The number of carbonyl (C=O) groups is 1. The highest BCUT2D eigenvalue weighted by atomic mass is 19.1. The van der Waals surface area contributed by atoms with Crippen LogP contribution in [0.2, 0.25) is 0 Å². The SMILES string of the molecule is O=C1CCCCN1CCCCCCN1CCC2C(C1)c1cc(F)ccc1N2c1ccc(F)cc1. The van der Waals surface area contributed by atoms with Gasteiger partial charge >= 0.3 is 0 Å². The number of hydrogen-bond acceptors (Lipinski definition) is 3. The van der Waals surface area contributed by atoms with Crippen LogP contribution in [0, 0.1) is 11.6 Å². The number of benzene rings is 2. The van der Waals surface area contributed by atoms with Gasteiger partial charge in [0, 0.05) is 55.9 Å². The smallest absolute Gasteiger partial charge is 0.222 e. The first-order chi connectivity index (χ1) is 16.6. The second-order valence-corrected chi connectivity index (χ2v) is 10.1. The number of likely N-dealkylation sites (tertiary alicyclic amines) is 2. The number of anilines is 2. The number of carbonyl (C=O) groups excluding carboxylic acids is 1. The second-order valence-electron chi connectivity index (χ2n) is 10.1. The first-order valence-electron chi connectivity index (χ1n) is 12.9. The summed E-state index contributed by atoms with van der Waals surface area (Å²) in [7, 11) is 0. The Morgan fingerprint density at radius 2 is 1.62 bits per heavy atom. The minimum atomic E-state index is -0.240. The van der Waals surface area contributed by atoms with Crippen molar-refractivity contribution in [1.29, 1.82) is 0 Å². The van der Waals surface area contributed by atoms with Crippen LogP contribution in [0.15, 0.2) is 42.5 Å². The van der Waals surface area contributed by atoms with Gasteiger partial charge < -0.3 is 14.7 Å². The van der Waals surface area contributed by atoms with Gasteiger partial charge in [0.2, 0.25) is 5.91 Å². The lowest BCUT2D eigenvalue weighted by molar-refractivity contribution is -0.133.